The van der Waals surface area contributed by atoms with Crippen LogP contribution in [0.25, 0.3) is 0 Å². The van der Waals surface area contributed by atoms with Crippen LogP contribution in [0.5, 0.6) is 5.75 Å². The van der Waals surface area contributed by atoms with Crippen molar-refractivity contribution in [1.82, 2.24) is 29.6 Å². The maximum absolute atomic E-state index is 15.3. The third kappa shape index (κ3) is 8.54. The first-order valence-electron chi connectivity index (χ1n) is 17.2. The molecule has 2 unspecified atom stereocenters. The second kappa shape index (κ2) is 16.2. The van der Waals surface area contributed by atoms with Crippen molar-refractivity contribution in [2.24, 2.45) is 5.92 Å². The second-order valence-electron chi connectivity index (χ2n) is 13.7. The molecule has 14 heteroatoms. The number of benzene rings is 3. The summed E-state index contributed by atoms with van der Waals surface area (Å²) in [5.74, 6) is 0.175. The summed E-state index contributed by atoms with van der Waals surface area (Å²) in [4.78, 5) is 33.1. The molecule has 2 aliphatic heterocycles. The average Bonchev–Trinajstić information content (AvgIpc) is 3.50. The van der Waals surface area contributed by atoms with Crippen LogP contribution in [-0.4, -0.2) is 106 Å². The lowest BCUT2D eigenvalue weighted by atomic mass is 9.95. The predicted octanol–water partition coefficient (Wildman–Crippen LogP) is 4.73. The van der Waals surface area contributed by atoms with E-state index in [1.807, 2.05) is 49.9 Å². The zero-order valence-electron chi connectivity index (χ0n) is 30.0. The van der Waals surface area contributed by atoms with Crippen molar-refractivity contribution in [3.05, 3.63) is 93.5 Å². The summed E-state index contributed by atoms with van der Waals surface area (Å²) < 4.78 is 35.4. The van der Waals surface area contributed by atoms with Crippen LogP contribution < -0.4 is 15.4 Å². The number of rotatable bonds is 12. The summed E-state index contributed by atoms with van der Waals surface area (Å²) in [6, 6.07) is 18.6. The van der Waals surface area contributed by atoms with Gasteiger partial charge in [-0.25, -0.2) is 12.7 Å². The van der Waals surface area contributed by atoms with E-state index in [0.717, 1.165) is 11.1 Å². The van der Waals surface area contributed by atoms with Gasteiger partial charge in [-0.2, -0.15) is 0 Å². The third-order valence-electron chi connectivity index (χ3n) is 9.36. The van der Waals surface area contributed by atoms with Crippen molar-refractivity contribution in [2.45, 2.75) is 43.4 Å². The van der Waals surface area contributed by atoms with Gasteiger partial charge in [0.05, 0.1) is 30.1 Å². The number of nitrogens with one attached hydrogen (secondary N) is 2. The Bertz CT molecular complexity index is 1750. The molecule has 0 radical (unpaired) electrons. The normalized spacial score (nSPS) is 21.3. The molecule has 2 amide bonds. The Kier molecular flexibility index (Phi) is 12.4. The van der Waals surface area contributed by atoms with Crippen LogP contribution in [0.15, 0.2) is 71.6 Å². The molecule has 2 heterocycles. The van der Waals surface area contributed by atoms with E-state index in [2.05, 4.69) is 10.6 Å². The molecule has 5 rings (SSSR count). The van der Waals surface area contributed by atoms with Crippen molar-refractivity contribution in [3.8, 4) is 5.75 Å². The zero-order valence-corrected chi connectivity index (χ0v) is 32.4. The summed E-state index contributed by atoms with van der Waals surface area (Å²) in [6.07, 6.45) is 0. The van der Waals surface area contributed by atoms with Crippen molar-refractivity contribution in [3.63, 3.8) is 0 Å². The molecule has 51 heavy (non-hydrogen) atoms. The van der Waals surface area contributed by atoms with Gasteiger partial charge in [0.15, 0.2) is 5.66 Å². The van der Waals surface area contributed by atoms with E-state index in [1.165, 1.54) is 10.4 Å². The topological polar surface area (TPSA) is 115 Å². The minimum absolute atomic E-state index is 0.0104. The Hall–Kier alpha value is -3.23. The Labute approximate surface area is 311 Å². The molecule has 0 aliphatic carbocycles. The molecule has 2 saturated heterocycles. The van der Waals surface area contributed by atoms with Crippen molar-refractivity contribution >= 4 is 45.0 Å². The molecule has 3 aromatic carbocycles. The molecule has 276 valence electrons. The molecule has 0 aromatic heterocycles. The number of carbonyl (C=O) groups is 2. The van der Waals surface area contributed by atoms with Crippen LogP contribution in [0.1, 0.15) is 49.5 Å². The third-order valence-corrected chi connectivity index (χ3v) is 11.7. The number of nitrogens with zero attached hydrogens (tertiary/aromatic N) is 4. The summed E-state index contributed by atoms with van der Waals surface area (Å²) in [7, 11) is 1.07. The van der Waals surface area contributed by atoms with Gasteiger partial charge >= 0.3 is 0 Å². The smallest absolute Gasteiger partial charge is 0.262 e. The molecule has 0 saturated carbocycles. The van der Waals surface area contributed by atoms with Gasteiger partial charge < -0.3 is 14.5 Å². The Morgan fingerprint density at radius 1 is 0.882 bits per heavy atom. The summed E-state index contributed by atoms with van der Waals surface area (Å²) >= 11 is 12.6. The van der Waals surface area contributed by atoms with E-state index < -0.39 is 27.8 Å². The van der Waals surface area contributed by atoms with Crippen LogP contribution in [0, 0.1) is 5.92 Å². The number of carbonyl (C=O) groups excluding carboxylic acids is 2. The highest BCUT2D eigenvalue weighted by atomic mass is 35.5. The molecule has 11 nitrogen and oxygen atoms in total. The largest absolute Gasteiger partial charge is 0.493 e. The van der Waals surface area contributed by atoms with Crippen molar-refractivity contribution < 1.29 is 22.7 Å². The van der Waals surface area contributed by atoms with Gasteiger partial charge in [0.2, 0.25) is 15.9 Å². The van der Waals surface area contributed by atoms with Gasteiger partial charge in [-0.3, -0.25) is 25.1 Å². The SMILES string of the molecule is CCOc1ccc(S(=O)(=O)N(C)CC(C)C)cc1C1(C(=O)N2CCN(CC(=O)N(C)C)CC2)NC(c2ccc(Cl)cc2)C(c2ccc(Cl)cc2)N1. The molecule has 0 spiro atoms. The fourth-order valence-corrected chi connectivity index (χ4v) is 8.29. The Morgan fingerprint density at radius 2 is 1.41 bits per heavy atom. The van der Waals surface area contributed by atoms with Gasteiger partial charge in [-0.15, -0.1) is 0 Å². The molecular weight excluding hydrogens is 711 g/mol. The fraction of sp³-hybridized carbons (Fsp3) is 0.459. The minimum atomic E-state index is -3.94. The minimum Gasteiger partial charge on any atom is -0.493 e. The van der Waals surface area contributed by atoms with Crippen LogP contribution in [0.3, 0.4) is 0 Å². The van der Waals surface area contributed by atoms with Crippen LogP contribution >= 0.6 is 23.2 Å². The van der Waals surface area contributed by atoms with E-state index in [-0.39, 0.29) is 35.8 Å². The number of sulfonamides is 1. The monoisotopic (exact) mass is 758 g/mol. The maximum atomic E-state index is 15.3. The molecule has 0 bridgehead atoms. The average molecular weight is 760 g/mol. The highest BCUT2D eigenvalue weighted by Gasteiger charge is 2.55. The van der Waals surface area contributed by atoms with Gasteiger partial charge in [-0.1, -0.05) is 61.3 Å². The van der Waals surface area contributed by atoms with Crippen molar-refractivity contribution in [2.75, 3.05) is 67.0 Å². The maximum Gasteiger partial charge on any atom is 0.262 e. The highest BCUT2D eigenvalue weighted by Crippen LogP contribution is 2.45. The van der Waals surface area contributed by atoms with Gasteiger partial charge in [0, 0.05) is 69.5 Å². The van der Waals surface area contributed by atoms with E-state index in [9.17, 15) is 13.2 Å². The van der Waals surface area contributed by atoms with Gasteiger partial charge in [0.1, 0.15) is 5.75 Å². The summed E-state index contributed by atoms with van der Waals surface area (Å²) in [5, 5.41) is 8.49. The highest BCUT2D eigenvalue weighted by molar-refractivity contribution is 7.89. The van der Waals surface area contributed by atoms with E-state index >= 15 is 4.79 Å². The molecule has 2 aliphatic rings. The number of likely N-dealkylation sites (N-methyl/N-ethyl adjacent to an activating group) is 1. The first kappa shape index (κ1) is 39.0. The van der Waals surface area contributed by atoms with E-state index in [4.69, 9.17) is 27.9 Å². The molecule has 3 aromatic rings. The lowest BCUT2D eigenvalue weighted by Crippen LogP contribution is -2.62. The van der Waals surface area contributed by atoms with Crippen LogP contribution in [0.2, 0.25) is 10.0 Å². The molecule has 2 fully saturated rings. The van der Waals surface area contributed by atoms with E-state index in [0.29, 0.717) is 54.1 Å². The number of ether oxygens (including phenoxy) is 1. The lowest BCUT2D eigenvalue weighted by Gasteiger charge is -2.40. The first-order chi connectivity index (χ1) is 24.2. The molecule has 2 N–H and O–H groups in total. The van der Waals surface area contributed by atoms with Crippen LogP contribution in [-0.2, 0) is 25.3 Å². The second-order valence-corrected chi connectivity index (χ2v) is 16.6. The summed E-state index contributed by atoms with van der Waals surface area (Å²) in [5.41, 5.74) is 0.455. The Morgan fingerprint density at radius 3 is 1.88 bits per heavy atom. The number of hydrogen-bond acceptors (Lipinski definition) is 8. The van der Waals surface area contributed by atoms with E-state index in [1.54, 1.807) is 67.3 Å². The standard InChI is InChI=1S/C37H48Cl2N6O5S/c1-7-50-32-17-16-30(51(48,49)43(6)23-25(2)3)22-31(32)37(36(47)45-20-18-44(19-21-45)24-33(46)42(4)5)40-34(26-8-12-28(38)13-9-26)35(41-37)27-10-14-29(39)15-11-27/h8-17,22,25,34-35,40-41H,7,18-21,23-24H2,1-6H3. The van der Waals surface area contributed by atoms with Gasteiger partial charge in [-0.05, 0) is 66.4 Å². The lowest BCUT2D eigenvalue weighted by molar-refractivity contribution is -0.142. The molecule has 2 atom stereocenters. The number of amides is 2. The predicted molar refractivity (Wildman–Crippen MR) is 200 cm³/mol. The van der Waals surface area contributed by atoms with Gasteiger partial charge in [0.25, 0.3) is 5.91 Å². The number of hydrogen-bond donors (Lipinski definition) is 2. The molecular formula is C37H48Cl2N6O5S. The first-order valence-corrected chi connectivity index (χ1v) is 19.4. The Balaban J connectivity index is 1.66. The fourth-order valence-electron chi connectivity index (χ4n) is 6.68. The van der Waals surface area contributed by atoms with Crippen LogP contribution in [0.4, 0.5) is 0 Å². The quantitative estimate of drug-likeness (QED) is 0.273. The number of halogens is 2. The summed E-state index contributed by atoms with van der Waals surface area (Å²) in [6.45, 7) is 8.34. The van der Waals surface area contributed by atoms with Crippen molar-refractivity contribution in [1.29, 1.82) is 0 Å². The number of piperazine rings is 1. The zero-order chi connectivity index (χ0) is 37.1.